The Balaban J connectivity index is 2.00. The maximum Gasteiger partial charge on any atom is 0.433 e. The molecule has 1 fully saturated rings. The number of hydrogen-bond donors (Lipinski definition) is 1. The average Bonchev–Trinajstić information content (AvgIpc) is 3.01. The van der Waals surface area contributed by atoms with Gasteiger partial charge in [-0.3, -0.25) is 4.79 Å². The molecule has 118 valence electrons. The molecule has 0 saturated carbocycles. The lowest BCUT2D eigenvalue weighted by atomic mass is 10.1. The van der Waals surface area contributed by atoms with Crippen molar-refractivity contribution in [2.24, 2.45) is 5.73 Å². The number of aryl methyl sites for hydroxylation is 1. The van der Waals surface area contributed by atoms with Crippen LogP contribution in [0.4, 0.5) is 13.2 Å². The van der Waals surface area contributed by atoms with Crippen molar-refractivity contribution in [3.05, 3.63) is 28.3 Å². The normalized spacial score (nSPS) is 19.1. The first-order chi connectivity index (χ1) is 10.3. The van der Waals surface area contributed by atoms with Gasteiger partial charge >= 0.3 is 6.18 Å². The van der Waals surface area contributed by atoms with Crippen LogP contribution < -0.4 is 5.73 Å². The van der Waals surface area contributed by atoms with Crippen LogP contribution in [0.2, 0.25) is 0 Å². The van der Waals surface area contributed by atoms with Gasteiger partial charge < -0.3 is 10.6 Å². The number of fused-ring (bicyclic) bond motifs is 1. The van der Waals surface area contributed by atoms with Crippen molar-refractivity contribution in [1.82, 2.24) is 9.88 Å². The number of pyridine rings is 1. The molecule has 1 aliphatic rings. The van der Waals surface area contributed by atoms with E-state index in [1.807, 2.05) is 0 Å². The smallest absolute Gasteiger partial charge is 0.336 e. The van der Waals surface area contributed by atoms with Gasteiger partial charge in [0.15, 0.2) is 0 Å². The van der Waals surface area contributed by atoms with Crippen molar-refractivity contribution >= 4 is 27.5 Å². The van der Waals surface area contributed by atoms with Crippen LogP contribution in [0.1, 0.15) is 27.3 Å². The van der Waals surface area contributed by atoms with E-state index in [-0.39, 0.29) is 16.8 Å². The number of amides is 1. The number of thiophene rings is 1. The third-order valence-electron chi connectivity index (χ3n) is 3.80. The molecule has 1 atom stereocenters. The number of likely N-dealkylation sites (tertiary alicyclic amines) is 1. The van der Waals surface area contributed by atoms with E-state index >= 15 is 0 Å². The highest BCUT2D eigenvalue weighted by atomic mass is 32.1. The molecule has 3 heterocycles. The van der Waals surface area contributed by atoms with Crippen molar-refractivity contribution in [1.29, 1.82) is 0 Å². The first kappa shape index (κ1) is 15.2. The molecule has 1 saturated heterocycles. The summed E-state index contributed by atoms with van der Waals surface area (Å²) in [5.74, 6) is -0.179. The summed E-state index contributed by atoms with van der Waals surface area (Å²) in [5.41, 5.74) is 5.53. The maximum absolute atomic E-state index is 12.7. The molecule has 1 aliphatic heterocycles. The molecule has 0 radical (unpaired) electrons. The van der Waals surface area contributed by atoms with Crippen LogP contribution in [0.15, 0.2) is 12.1 Å². The number of rotatable bonds is 1. The second-order valence-corrected chi connectivity index (χ2v) is 6.40. The molecule has 2 aromatic rings. The zero-order valence-electron chi connectivity index (χ0n) is 11.8. The van der Waals surface area contributed by atoms with Crippen molar-refractivity contribution in [2.75, 3.05) is 13.1 Å². The second kappa shape index (κ2) is 5.20. The van der Waals surface area contributed by atoms with Crippen LogP contribution >= 0.6 is 11.3 Å². The first-order valence-electron chi connectivity index (χ1n) is 6.79. The Bertz CT molecular complexity index is 741. The predicted molar refractivity (Wildman–Crippen MR) is 77.9 cm³/mol. The van der Waals surface area contributed by atoms with Gasteiger partial charge in [0.05, 0.1) is 4.88 Å². The summed E-state index contributed by atoms with van der Waals surface area (Å²) in [6.45, 7) is 2.79. The standard InChI is InChI=1S/C14H14F3N3OS/c1-7-9-2-3-10(14(15,16)17)19-12(9)22-11(7)13(21)20-5-4-8(18)6-20/h2-3,8H,4-6,18H2,1H3. The summed E-state index contributed by atoms with van der Waals surface area (Å²) in [6.07, 6.45) is -3.75. The fourth-order valence-electron chi connectivity index (χ4n) is 2.58. The topological polar surface area (TPSA) is 59.2 Å². The van der Waals surface area contributed by atoms with Crippen molar-refractivity contribution in [3.8, 4) is 0 Å². The van der Waals surface area contributed by atoms with E-state index in [2.05, 4.69) is 4.98 Å². The minimum absolute atomic E-state index is 0.0337. The van der Waals surface area contributed by atoms with E-state index in [1.54, 1.807) is 11.8 Å². The van der Waals surface area contributed by atoms with E-state index in [1.165, 1.54) is 6.07 Å². The van der Waals surface area contributed by atoms with Crippen LogP contribution in [-0.4, -0.2) is 34.9 Å². The van der Waals surface area contributed by atoms with Gasteiger partial charge in [-0.1, -0.05) is 0 Å². The molecule has 0 aromatic carbocycles. The van der Waals surface area contributed by atoms with Crippen LogP contribution in [0.3, 0.4) is 0 Å². The maximum atomic E-state index is 12.7. The summed E-state index contributed by atoms with van der Waals surface area (Å²) in [4.78, 5) is 18.5. The first-order valence-corrected chi connectivity index (χ1v) is 7.61. The van der Waals surface area contributed by atoms with Crippen LogP contribution in [-0.2, 0) is 6.18 Å². The van der Waals surface area contributed by atoms with E-state index in [4.69, 9.17) is 5.73 Å². The SMILES string of the molecule is Cc1c(C(=O)N2CCC(N)C2)sc2nc(C(F)(F)F)ccc12. The van der Waals surface area contributed by atoms with Crippen LogP contribution in [0.5, 0.6) is 0 Å². The quantitative estimate of drug-likeness (QED) is 0.875. The number of nitrogens with zero attached hydrogens (tertiary/aromatic N) is 2. The number of alkyl halides is 3. The number of hydrogen-bond acceptors (Lipinski definition) is 4. The highest BCUT2D eigenvalue weighted by molar-refractivity contribution is 7.20. The van der Waals surface area contributed by atoms with E-state index in [0.717, 1.165) is 23.8 Å². The number of carbonyl (C=O) groups is 1. The van der Waals surface area contributed by atoms with Gasteiger partial charge in [-0.05, 0) is 31.0 Å². The Hall–Kier alpha value is -1.67. The molecule has 1 unspecified atom stereocenters. The fourth-order valence-corrected chi connectivity index (χ4v) is 3.72. The lowest BCUT2D eigenvalue weighted by Gasteiger charge is -2.14. The third-order valence-corrected chi connectivity index (χ3v) is 4.99. The van der Waals surface area contributed by atoms with E-state index in [9.17, 15) is 18.0 Å². The number of aromatic nitrogens is 1. The highest BCUT2D eigenvalue weighted by Gasteiger charge is 2.33. The number of carbonyl (C=O) groups excluding carboxylic acids is 1. The monoisotopic (exact) mass is 329 g/mol. The molecular weight excluding hydrogens is 315 g/mol. The predicted octanol–water partition coefficient (Wildman–Crippen LogP) is 2.80. The van der Waals surface area contributed by atoms with Crippen molar-refractivity contribution in [3.63, 3.8) is 0 Å². The summed E-state index contributed by atoms with van der Waals surface area (Å²) < 4.78 is 38.2. The Labute approximate surface area is 128 Å². The van der Waals surface area contributed by atoms with Gasteiger partial charge in [0, 0.05) is 24.5 Å². The Morgan fingerprint density at radius 3 is 2.77 bits per heavy atom. The molecule has 4 nitrogen and oxygen atoms in total. The van der Waals surface area contributed by atoms with Crippen molar-refractivity contribution in [2.45, 2.75) is 25.6 Å². The second-order valence-electron chi connectivity index (χ2n) is 5.40. The number of nitrogens with two attached hydrogens (primary N) is 1. The summed E-state index contributed by atoms with van der Waals surface area (Å²) in [5, 5.41) is 0.588. The van der Waals surface area contributed by atoms with Gasteiger partial charge in [-0.2, -0.15) is 13.2 Å². The molecule has 0 bridgehead atoms. The number of halogens is 3. The van der Waals surface area contributed by atoms with Gasteiger partial charge in [0.25, 0.3) is 5.91 Å². The molecular formula is C14H14F3N3OS. The largest absolute Gasteiger partial charge is 0.433 e. The van der Waals surface area contributed by atoms with Gasteiger partial charge in [-0.25, -0.2) is 4.98 Å². The Kier molecular flexibility index (Phi) is 3.60. The minimum Gasteiger partial charge on any atom is -0.336 e. The van der Waals surface area contributed by atoms with Gasteiger partial charge in [-0.15, -0.1) is 11.3 Å². The van der Waals surface area contributed by atoms with Crippen LogP contribution in [0.25, 0.3) is 10.2 Å². The molecule has 2 N–H and O–H groups in total. The van der Waals surface area contributed by atoms with Gasteiger partial charge in [0.2, 0.25) is 0 Å². The van der Waals surface area contributed by atoms with E-state index in [0.29, 0.717) is 28.9 Å². The van der Waals surface area contributed by atoms with Crippen LogP contribution in [0, 0.1) is 6.92 Å². The molecule has 8 heteroatoms. The molecule has 1 amide bonds. The summed E-state index contributed by atoms with van der Waals surface area (Å²) in [6, 6.07) is 2.29. The van der Waals surface area contributed by atoms with Gasteiger partial charge in [0.1, 0.15) is 10.5 Å². The minimum atomic E-state index is -4.49. The molecule has 0 aliphatic carbocycles. The Morgan fingerprint density at radius 1 is 1.45 bits per heavy atom. The third kappa shape index (κ3) is 2.56. The Morgan fingerprint density at radius 2 is 2.18 bits per heavy atom. The fraction of sp³-hybridized carbons (Fsp3) is 0.429. The average molecular weight is 329 g/mol. The summed E-state index contributed by atoms with van der Waals surface area (Å²) in [7, 11) is 0. The highest BCUT2D eigenvalue weighted by Crippen LogP contribution is 2.35. The zero-order chi connectivity index (χ0) is 16.1. The molecule has 22 heavy (non-hydrogen) atoms. The molecule has 0 spiro atoms. The molecule has 2 aromatic heterocycles. The lowest BCUT2D eigenvalue weighted by molar-refractivity contribution is -0.140. The van der Waals surface area contributed by atoms with E-state index < -0.39 is 11.9 Å². The lowest BCUT2D eigenvalue weighted by Crippen LogP contribution is -2.31. The summed E-state index contributed by atoms with van der Waals surface area (Å²) >= 11 is 1.01. The van der Waals surface area contributed by atoms with Crippen molar-refractivity contribution < 1.29 is 18.0 Å². The molecule has 3 rings (SSSR count). The zero-order valence-corrected chi connectivity index (χ0v) is 12.6.